The monoisotopic (exact) mass is 138 g/mol. The second-order valence-electron chi connectivity index (χ2n) is 2.01. The Morgan fingerprint density at radius 1 is 1.67 bits per heavy atom. The molecular weight excluding hydrogens is 128 g/mol. The lowest BCUT2D eigenvalue weighted by Crippen LogP contribution is -1.66. The smallest absolute Gasteiger partial charge is 0.00856 e. The molecule has 1 heterocycles. The molecule has 0 aliphatic rings. The summed E-state index contributed by atoms with van der Waals surface area (Å²) in [5, 5.41) is 0. The third kappa shape index (κ3) is 1.68. The Hall–Kier alpha value is -0.560. The van der Waals surface area contributed by atoms with Gasteiger partial charge >= 0.3 is 0 Å². The van der Waals surface area contributed by atoms with Crippen LogP contribution in [-0.4, -0.2) is 0 Å². The first-order valence-electron chi connectivity index (χ1n) is 2.99. The summed E-state index contributed by atoms with van der Waals surface area (Å²) < 4.78 is 0. The quantitative estimate of drug-likeness (QED) is 0.551. The van der Waals surface area contributed by atoms with E-state index in [0.717, 1.165) is 6.42 Å². The predicted octanol–water partition coefficient (Wildman–Crippen LogP) is 2.79. The van der Waals surface area contributed by atoms with E-state index in [2.05, 4.69) is 25.6 Å². The van der Waals surface area contributed by atoms with Crippen molar-refractivity contribution >= 4 is 11.3 Å². The number of aryl methyl sites for hydroxylation is 1. The fourth-order valence-corrected chi connectivity index (χ4v) is 1.62. The average Bonchev–Trinajstić information content (AvgIpc) is 2.17. The van der Waals surface area contributed by atoms with Gasteiger partial charge in [0.25, 0.3) is 0 Å². The number of rotatable bonds is 2. The molecule has 0 amide bonds. The van der Waals surface area contributed by atoms with Gasteiger partial charge in [-0.05, 0) is 25.5 Å². The maximum atomic E-state index is 3.67. The zero-order valence-electron chi connectivity index (χ0n) is 5.55. The van der Waals surface area contributed by atoms with Crippen LogP contribution in [0.15, 0.2) is 24.8 Å². The Kier molecular flexibility index (Phi) is 2.06. The van der Waals surface area contributed by atoms with Gasteiger partial charge in [-0.2, -0.15) is 0 Å². The molecule has 0 aliphatic heterocycles. The molecule has 0 saturated carbocycles. The molecule has 0 fully saturated rings. The molecule has 1 rings (SSSR count). The molecule has 48 valence electrons. The van der Waals surface area contributed by atoms with E-state index in [-0.39, 0.29) is 0 Å². The maximum absolute atomic E-state index is 3.67. The molecule has 0 saturated heterocycles. The molecule has 1 aromatic rings. The van der Waals surface area contributed by atoms with Crippen LogP contribution in [0.4, 0.5) is 0 Å². The van der Waals surface area contributed by atoms with Crippen molar-refractivity contribution in [1.82, 2.24) is 0 Å². The van der Waals surface area contributed by atoms with Crippen LogP contribution in [0.2, 0.25) is 0 Å². The van der Waals surface area contributed by atoms with Crippen molar-refractivity contribution < 1.29 is 0 Å². The summed E-state index contributed by atoms with van der Waals surface area (Å²) in [6, 6.07) is 4.30. The van der Waals surface area contributed by atoms with Crippen molar-refractivity contribution in [3.63, 3.8) is 0 Å². The molecule has 9 heavy (non-hydrogen) atoms. The summed E-state index contributed by atoms with van der Waals surface area (Å²) in [7, 11) is 0. The maximum Gasteiger partial charge on any atom is 0.00856 e. The van der Waals surface area contributed by atoms with Gasteiger partial charge in [-0.3, -0.25) is 0 Å². The second kappa shape index (κ2) is 2.83. The minimum absolute atomic E-state index is 1.01. The number of hydrogen-bond acceptors (Lipinski definition) is 1. The SMILES string of the molecule is C=CCc1ccc(C)s1. The summed E-state index contributed by atoms with van der Waals surface area (Å²) in [4.78, 5) is 2.79. The van der Waals surface area contributed by atoms with E-state index >= 15 is 0 Å². The first-order chi connectivity index (χ1) is 4.33. The van der Waals surface area contributed by atoms with Gasteiger partial charge in [0.2, 0.25) is 0 Å². The Bertz CT molecular complexity index is 198. The van der Waals surface area contributed by atoms with Crippen molar-refractivity contribution in [2.24, 2.45) is 0 Å². The summed E-state index contributed by atoms with van der Waals surface area (Å²) >= 11 is 1.84. The van der Waals surface area contributed by atoms with Crippen molar-refractivity contribution in [2.45, 2.75) is 13.3 Å². The van der Waals surface area contributed by atoms with Crippen LogP contribution in [0.1, 0.15) is 9.75 Å². The molecule has 0 radical (unpaired) electrons. The zero-order valence-corrected chi connectivity index (χ0v) is 6.37. The van der Waals surface area contributed by atoms with Crippen LogP contribution < -0.4 is 0 Å². The highest BCUT2D eigenvalue weighted by Gasteiger charge is 1.90. The van der Waals surface area contributed by atoms with Gasteiger partial charge < -0.3 is 0 Å². The van der Waals surface area contributed by atoms with Gasteiger partial charge in [0, 0.05) is 9.75 Å². The normalized spacial score (nSPS) is 9.44. The summed E-state index contributed by atoms with van der Waals surface area (Å²) in [5.74, 6) is 0. The Morgan fingerprint density at radius 3 is 2.89 bits per heavy atom. The van der Waals surface area contributed by atoms with Gasteiger partial charge in [0.1, 0.15) is 0 Å². The van der Waals surface area contributed by atoms with Crippen LogP contribution in [-0.2, 0) is 6.42 Å². The summed E-state index contributed by atoms with van der Waals surface area (Å²) in [5.41, 5.74) is 0. The molecule has 0 N–H and O–H groups in total. The Labute approximate surface area is 59.8 Å². The van der Waals surface area contributed by atoms with E-state index in [1.54, 1.807) is 0 Å². The molecule has 1 heteroatoms. The molecule has 1 aromatic heterocycles. The Balaban J connectivity index is 2.72. The first kappa shape index (κ1) is 6.56. The molecule has 0 atom stereocenters. The highest BCUT2D eigenvalue weighted by Crippen LogP contribution is 2.15. The third-order valence-corrected chi connectivity index (χ3v) is 2.16. The third-order valence-electron chi connectivity index (χ3n) is 1.14. The second-order valence-corrected chi connectivity index (χ2v) is 3.38. The molecule has 0 unspecified atom stereocenters. The molecule has 0 nitrogen and oxygen atoms in total. The van der Waals surface area contributed by atoms with Crippen LogP contribution in [0.25, 0.3) is 0 Å². The standard InChI is InChI=1S/C8H10S/c1-3-4-8-6-5-7(2)9-8/h3,5-6H,1,4H2,2H3. The predicted molar refractivity (Wildman–Crippen MR) is 43.0 cm³/mol. The summed E-state index contributed by atoms with van der Waals surface area (Å²) in [6.45, 7) is 5.79. The average molecular weight is 138 g/mol. The molecule has 0 aliphatic carbocycles. The Morgan fingerprint density at radius 2 is 2.44 bits per heavy atom. The van der Waals surface area contributed by atoms with E-state index < -0.39 is 0 Å². The van der Waals surface area contributed by atoms with Crippen molar-refractivity contribution in [2.75, 3.05) is 0 Å². The lowest BCUT2D eigenvalue weighted by Gasteiger charge is -1.82. The topological polar surface area (TPSA) is 0 Å². The summed E-state index contributed by atoms with van der Waals surface area (Å²) in [6.07, 6.45) is 2.95. The largest absolute Gasteiger partial charge is 0.145 e. The van der Waals surface area contributed by atoms with E-state index in [1.807, 2.05) is 17.4 Å². The van der Waals surface area contributed by atoms with E-state index in [1.165, 1.54) is 9.75 Å². The zero-order chi connectivity index (χ0) is 6.69. The van der Waals surface area contributed by atoms with Gasteiger partial charge in [-0.15, -0.1) is 17.9 Å². The van der Waals surface area contributed by atoms with Crippen LogP contribution >= 0.6 is 11.3 Å². The lowest BCUT2D eigenvalue weighted by atomic mass is 10.3. The fraction of sp³-hybridized carbons (Fsp3) is 0.250. The van der Waals surface area contributed by atoms with E-state index in [9.17, 15) is 0 Å². The van der Waals surface area contributed by atoms with Gasteiger partial charge in [-0.25, -0.2) is 0 Å². The number of hydrogen-bond donors (Lipinski definition) is 0. The van der Waals surface area contributed by atoms with Gasteiger partial charge in [-0.1, -0.05) is 6.08 Å². The minimum Gasteiger partial charge on any atom is -0.145 e. The van der Waals surface area contributed by atoms with Crippen molar-refractivity contribution in [3.8, 4) is 0 Å². The van der Waals surface area contributed by atoms with Crippen LogP contribution in [0.3, 0.4) is 0 Å². The van der Waals surface area contributed by atoms with Crippen molar-refractivity contribution in [3.05, 3.63) is 34.5 Å². The number of thiophene rings is 1. The number of allylic oxidation sites excluding steroid dienone is 1. The van der Waals surface area contributed by atoms with Crippen LogP contribution in [0, 0.1) is 6.92 Å². The highest BCUT2D eigenvalue weighted by molar-refractivity contribution is 7.11. The molecule has 0 spiro atoms. The minimum atomic E-state index is 1.01. The lowest BCUT2D eigenvalue weighted by molar-refractivity contribution is 1.35. The molecule has 0 aromatic carbocycles. The van der Waals surface area contributed by atoms with E-state index in [0.29, 0.717) is 0 Å². The highest BCUT2D eigenvalue weighted by atomic mass is 32.1. The van der Waals surface area contributed by atoms with Gasteiger partial charge in [0.05, 0.1) is 0 Å². The van der Waals surface area contributed by atoms with Gasteiger partial charge in [0.15, 0.2) is 0 Å². The van der Waals surface area contributed by atoms with E-state index in [4.69, 9.17) is 0 Å². The molecule has 0 bridgehead atoms. The molecular formula is C8H10S. The van der Waals surface area contributed by atoms with Crippen LogP contribution in [0.5, 0.6) is 0 Å². The fourth-order valence-electron chi connectivity index (χ4n) is 0.737. The van der Waals surface area contributed by atoms with Crippen molar-refractivity contribution in [1.29, 1.82) is 0 Å². The first-order valence-corrected chi connectivity index (χ1v) is 3.81.